The second-order valence-electron chi connectivity index (χ2n) is 12.1. The van der Waals surface area contributed by atoms with Crippen LogP contribution in [0.2, 0.25) is 0 Å². The van der Waals surface area contributed by atoms with E-state index in [2.05, 4.69) is 144 Å². The summed E-state index contributed by atoms with van der Waals surface area (Å²) in [6.45, 7) is 0. The number of aromatic nitrogens is 3. The molecule has 3 nitrogen and oxygen atoms in total. The molecule has 0 bridgehead atoms. The lowest BCUT2D eigenvalue weighted by molar-refractivity contribution is 1.02. The Morgan fingerprint density at radius 1 is 0.447 bits per heavy atom. The summed E-state index contributed by atoms with van der Waals surface area (Å²) in [5.41, 5.74) is 5.38. The summed E-state index contributed by atoms with van der Waals surface area (Å²) in [5, 5.41) is 11.2. The molecule has 0 saturated carbocycles. The van der Waals surface area contributed by atoms with Gasteiger partial charge in [-0.05, 0) is 39.7 Å². The van der Waals surface area contributed by atoms with Crippen LogP contribution >= 0.6 is 22.7 Å². The quantitative estimate of drug-likeness (QED) is 0.190. The van der Waals surface area contributed by atoms with Gasteiger partial charge in [0.15, 0.2) is 0 Å². The molecule has 0 N–H and O–H groups in total. The average molecular weight is 634 g/mol. The highest BCUT2D eigenvalue weighted by atomic mass is 32.1. The predicted octanol–water partition coefficient (Wildman–Crippen LogP) is 12.3. The number of hydrogen-bond acceptors (Lipinski definition) is 4. The number of fused-ring (bicyclic) bond motifs is 14. The van der Waals surface area contributed by atoms with Crippen LogP contribution in [0.3, 0.4) is 0 Å². The van der Waals surface area contributed by atoms with Crippen LogP contribution in [-0.2, 0) is 0 Å². The number of benzene rings is 7. The van der Waals surface area contributed by atoms with Gasteiger partial charge in [-0.1, -0.05) is 121 Å². The Morgan fingerprint density at radius 3 is 1.87 bits per heavy atom. The van der Waals surface area contributed by atoms with Gasteiger partial charge < -0.3 is 0 Å². The van der Waals surface area contributed by atoms with Gasteiger partial charge in [0.1, 0.15) is 0 Å². The summed E-state index contributed by atoms with van der Waals surface area (Å²) in [5.74, 6) is 0.698. The third kappa shape index (κ3) is 3.45. The van der Waals surface area contributed by atoms with E-state index in [0.29, 0.717) is 5.95 Å². The second kappa shape index (κ2) is 9.46. The fraction of sp³-hybridized carbons (Fsp3) is 0. The summed E-state index contributed by atoms with van der Waals surface area (Å²) in [6, 6.07) is 50.2. The van der Waals surface area contributed by atoms with Gasteiger partial charge in [-0.25, -0.2) is 9.97 Å². The van der Waals surface area contributed by atoms with Gasteiger partial charge in [0, 0.05) is 41.9 Å². The molecule has 0 radical (unpaired) electrons. The van der Waals surface area contributed by atoms with Crippen LogP contribution in [0.4, 0.5) is 0 Å². The Hall–Kier alpha value is -5.62. The summed E-state index contributed by atoms with van der Waals surface area (Å²) in [6.07, 6.45) is 0. The van der Waals surface area contributed by atoms with Gasteiger partial charge in [0.05, 0.1) is 31.6 Å². The highest BCUT2D eigenvalue weighted by Gasteiger charge is 2.24. The molecule has 0 aliphatic carbocycles. The first-order chi connectivity index (χ1) is 23.3. The van der Waals surface area contributed by atoms with Crippen molar-refractivity contribution in [2.75, 3.05) is 0 Å². The smallest absolute Gasteiger partial charge is 0.235 e. The summed E-state index contributed by atoms with van der Waals surface area (Å²) >= 11 is 3.65. The van der Waals surface area contributed by atoms with E-state index in [0.717, 1.165) is 32.4 Å². The van der Waals surface area contributed by atoms with Crippen molar-refractivity contribution in [3.8, 4) is 17.2 Å². The minimum absolute atomic E-state index is 0.698. The first kappa shape index (κ1) is 25.6. The van der Waals surface area contributed by atoms with E-state index in [1.54, 1.807) is 11.3 Å². The molecule has 5 heteroatoms. The third-order valence-electron chi connectivity index (χ3n) is 9.60. The van der Waals surface area contributed by atoms with E-state index >= 15 is 0 Å². The Balaban J connectivity index is 1.38. The lowest BCUT2D eigenvalue weighted by atomic mass is 9.99. The average Bonchev–Trinajstić information content (AvgIpc) is 3.81. The van der Waals surface area contributed by atoms with E-state index in [1.165, 1.54) is 62.7 Å². The van der Waals surface area contributed by atoms with Crippen LogP contribution in [0.15, 0.2) is 140 Å². The fourth-order valence-electron chi connectivity index (χ4n) is 7.63. The van der Waals surface area contributed by atoms with Crippen LogP contribution in [0.25, 0.3) is 101 Å². The largest absolute Gasteiger partial charge is 0.276 e. The standard InChI is InChI=1S/C42H23N3S2/c1-2-14-25-24(12-1)13-11-20-28(25)37-41-38(31-19-7-10-23-34(31)47-41)44-42(43-37)45-32-21-8-5-17-29(32)35-26-15-3-4-16-27(26)36-30-18-6-9-22-33(30)46-40(36)39(35)45/h1-23H. The van der Waals surface area contributed by atoms with Gasteiger partial charge >= 0.3 is 0 Å². The van der Waals surface area contributed by atoms with E-state index in [1.807, 2.05) is 11.3 Å². The van der Waals surface area contributed by atoms with Crippen molar-refractivity contribution >= 4 is 106 Å². The van der Waals surface area contributed by atoms with Gasteiger partial charge in [-0.15, -0.1) is 22.7 Å². The molecule has 0 unspecified atom stereocenters. The molecule has 11 aromatic rings. The molecule has 0 spiro atoms. The maximum absolute atomic E-state index is 5.57. The first-order valence-electron chi connectivity index (χ1n) is 15.8. The van der Waals surface area contributed by atoms with Gasteiger partial charge in [-0.3, -0.25) is 4.57 Å². The number of nitrogens with zero attached hydrogens (tertiary/aromatic N) is 3. The van der Waals surface area contributed by atoms with Crippen molar-refractivity contribution < 1.29 is 0 Å². The fourth-order valence-corrected chi connectivity index (χ4v) is 10.0. The molecule has 0 atom stereocenters. The summed E-state index contributed by atoms with van der Waals surface area (Å²) in [4.78, 5) is 11.0. The normalized spacial score (nSPS) is 12.3. The van der Waals surface area contributed by atoms with E-state index in [4.69, 9.17) is 9.97 Å². The highest BCUT2D eigenvalue weighted by Crippen LogP contribution is 2.48. The minimum Gasteiger partial charge on any atom is -0.276 e. The van der Waals surface area contributed by atoms with E-state index in [9.17, 15) is 0 Å². The molecule has 218 valence electrons. The lowest BCUT2D eigenvalue weighted by Crippen LogP contribution is -2.03. The van der Waals surface area contributed by atoms with E-state index < -0.39 is 0 Å². The molecular formula is C42H23N3S2. The van der Waals surface area contributed by atoms with Crippen LogP contribution in [0, 0.1) is 0 Å². The summed E-state index contributed by atoms with van der Waals surface area (Å²) < 4.78 is 7.23. The topological polar surface area (TPSA) is 30.7 Å². The maximum Gasteiger partial charge on any atom is 0.235 e. The number of rotatable bonds is 2. The molecule has 0 aliphatic heterocycles. The number of para-hydroxylation sites is 1. The Morgan fingerprint density at radius 2 is 1.04 bits per heavy atom. The minimum atomic E-state index is 0.698. The van der Waals surface area contributed by atoms with E-state index in [-0.39, 0.29) is 0 Å². The van der Waals surface area contributed by atoms with Crippen molar-refractivity contribution in [3.05, 3.63) is 140 Å². The zero-order chi connectivity index (χ0) is 30.6. The summed E-state index contributed by atoms with van der Waals surface area (Å²) in [7, 11) is 0. The first-order valence-corrected chi connectivity index (χ1v) is 17.4. The number of hydrogen-bond donors (Lipinski definition) is 0. The lowest BCUT2D eigenvalue weighted by Gasteiger charge is -2.12. The van der Waals surface area contributed by atoms with Crippen molar-refractivity contribution in [1.29, 1.82) is 0 Å². The SMILES string of the molecule is c1ccc2c(-c3nc(-n4c5ccccc5c5c6ccccc6c6c7ccccc7sc6c54)nc4c3sc3ccccc34)cccc2c1. The zero-order valence-electron chi connectivity index (χ0n) is 24.9. The molecule has 0 saturated heterocycles. The highest BCUT2D eigenvalue weighted by molar-refractivity contribution is 7.27. The Bertz CT molecular complexity index is 3080. The van der Waals surface area contributed by atoms with Crippen molar-refractivity contribution in [3.63, 3.8) is 0 Å². The molecule has 0 fully saturated rings. The predicted molar refractivity (Wildman–Crippen MR) is 203 cm³/mol. The molecule has 4 heterocycles. The zero-order valence-corrected chi connectivity index (χ0v) is 26.6. The van der Waals surface area contributed by atoms with Gasteiger partial charge in [0.2, 0.25) is 5.95 Å². The Kier molecular flexibility index (Phi) is 5.14. The molecule has 11 rings (SSSR count). The van der Waals surface area contributed by atoms with Crippen LogP contribution in [-0.4, -0.2) is 14.5 Å². The molecule has 0 amide bonds. The molecule has 0 aliphatic rings. The van der Waals surface area contributed by atoms with Crippen molar-refractivity contribution in [1.82, 2.24) is 14.5 Å². The van der Waals surface area contributed by atoms with Crippen LogP contribution < -0.4 is 0 Å². The maximum atomic E-state index is 5.57. The molecule has 7 aromatic carbocycles. The molecule has 4 aromatic heterocycles. The van der Waals surface area contributed by atoms with Crippen molar-refractivity contribution in [2.24, 2.45) is 0 Å². The van der Waals surface area contributed by atoms with Crippen LogP contribution in [0.1, 0.15) is 0 Å². The monoisotopic (exact) mass is 633 g/mol. The van der Waals surface area contributed by atoms with Gasteiger partial charge in [0.25, 0.3) is 0 Å². The second-order valence-corrected chi connectivity index (χ2v) is 14.2. The molecular weight excluding hydrogens is 611 g/mol. The van der Waals surface area contributed by atoms with Crippen molar-refractivity contribution in [2.45, 2.75) is 0 Å². The molecule has 47 heavy (non-hydrogen) atoms. The number of thiophene rings is 2. The Labute approximate surface area is 276 Å². The third-order valence-corrected chi connectivity index (χ3v) is 11.9. The van der Waals surface area contributed by atoms with Gasteiger partial charge in [-0.2, -0.15) is 0 Å². The van der Waals surface area contributed by atoms with Crippen LogP contribution in [0.5, 0.6) is 0 Å².